The molecule has 0 spiro atoms. The molecule has 1 aromatic rings. The molecular formula is C15H21N2O4. The lowest BCUT2D eigenvalue weighted by atomic mass is 10.0. The summed E-state index contributed by atoms with van der Waals surface area (Å²) < 4.78 is 10.2. The van der Waals surface area contributed by atoms with Crippen molar-refractivity contribution in [2.45, 2.75) is 38.5 Å². The number of amides is 2. The van der Waals surface area contributed by atoms with Crippen LogP contribution in [0.15, 0.2) is 30.3 Å². The number of carbonyl (C=O) groups excluding carboxylic acids is 2. The average molecular weight is 293 g/mol. The fourth-order valence-corrected chi connectivity index (χ4v) is 1.71. The molecule has 0 aliphatic carbocycles. The summed E-state index contributed by atoms with van der Waals surface area (Å²) in [5, 5.41) is 3.35. The molecule has 6 heteroatoms. The lowest BCUT2D eigenvalue weighted by molar-refractivity contribution is -0.125. The highest BCUT2D eigenvalue weighted by atomic mass is 16.6. The Bertz CT molecular complexity index is 482. The molecule has 0 aliphatic rings. The zero-order chi connectivity index (χ0) is 16.0. The maximum absolute atomic E-state index is 11.9. The van der Waals surface area contributed by atoms with Gasteiger partial charge in [0.15, 0.2) is 0 Å². The van der Waals surface area contributed by atoms with E-state index in [1.807, 2.05) is 18.2 Å². The van der Waals surface area contributed by atoms with Gasteiger partial charge in [-0.25, -0.2) is 4.79 Å². The molecule has 1 radical (unpaired) electrons. The van der Waals surface area contributed by atoms with Crippen molar-refractivity contribution in [3.05, 3.63) is 35.9 Å². The van der Waals surface area contributed by atoms with Gasteiger partial charge in [-0.1, -0.05) is 30.3 Å². The third-order valence-corrected chi connectivity index (χ3v) is 2.59. The number of benzene rings is 1. The minimum absolute atomic E-state index is 0.676. The van der Waals surface area contributed by atoms with Gasteiger partial charge in [-0.05, 0) is 26.3 Å². The first-order chi connectivity index (χ1) is 9.74. The largest absolute Gasteiger partial charge is 0.442 e. The first-order valence-electron chi connectivity index (χ1n) is 6.56. The van der Waals surface area contributed by atoms with Crippen molar-refractivity contribution in [2.24, 2.45) is 5.73 Å². The van der Waals surface area contributed by atoms with Crippen LogP contribution in [0.1, 0.15) is 32.4 Å². The monoisotopic (exact) mass is 293 g/mol. The van der Waals surface area contributed by atoms with Crippen LogP contribution in [0.5, 0.6) is 0 Å². The van der Waals surface area contributed by atoms with Gasteiger partial charge in [-0.2, -0.15) is 0 Å². The van der Waals surface area contributed by atoms with Crippen LogP contribution in [0, 0.1) is 0 Å². The van der Waals surface area contributed by atoms with E-state index in [0.717, 1.165) is 5.56 Å². The summed E-state index contributed by atoms with van der Waals surface area (Å²) in [7, 11) is 1.44. The molecule has 0 fully saturated rings. The first kappa shape index (κ1) is 17.1. The summed E-state index contributed by atoms with van der Waals surface area (Å²) in [5.74, 6) is -0.778. The van der Waals surface area contributed by atoms with Crippen molar-refractivity contribution < 1.29 is 19.1 Å². The van der Waals surface area contributed by atoms with Gasteiger partial charge in [0.05, 0.1) is 0 Å². The van der Waals surface area contributed by atoms with E-state index in [1.165, 1.54) is 7.11 Å². The molecule has 0 saturated carbocycles. The minimum atomic E-state index is -1.08. The predicted octanol–water partition coefficient (Wildman–Crippen LogP) is 1.77. The van der Waals surface area contributed by atoms with E-state index in [9.17, 15) is 9.59 Å². The van der Waals surface area contributed by atoms with Crippen LogP contribution in [0.2, 0.25) is 0 Å². The Kier molecular flexibility index (Phi) is 5.87. The number of nitrogens with two attached hydrogens (primary N) is 1. The van der Waals surface area contributed by atoms with Crippen LogP contribution in [0.3, 0.4) is 0 Å². The Balaban J connectivity index is 2.70. The van der Waals surface area contributed by atoms with Crippen LogP contribution in [0.25, 0.3) is 0 Å². The summed E-state index contributed by atoms with van der Waals surface area (Å²) in [6, 6.07) is 7.95. The number of rotatable bonds is 4. The molecular weight excluding hydrogens is 272 g/mol. The van der Waals surface area contributed by atoms with Crippen molar-refractivity contribution in [2.75, 3.05) is 7.11 Å². The molecule has 1 unspecified atom stereocenters. The van der Waals surface area contributed by atoms with Crippen LogP contribution in [-0.2, 0) is 14.3 Å². The fourth-order valence-electron chi connectivity index (χ4n) is 1.71. The Morgan fingerprint density at radius 3 is 2.24 bits per heavy atom. The highest BCUT2D eigenvalue weighted by molar-refractivity contribution is 5.94. The summed E-state index contributed by atoms with van der Waals surface area (Å²) in [6.07, 6.45) is -1.63. The quantitative estimate of drug-likeness (QED) is 0.913. The summed E-state index contributed by atoms with van der Waals surface area (Å²) in [5.41, 5.74) is 5.86. The van der Waals surface area contributed by atoms with Crippen molar-refractivity contribution >= 4 is 12.0 Å². The predicted molar refractivity (Wildman–Crippen MR) is 77.5 cm³/mol. The maximum Gasteiger partial charge on any atom is 0.437 e. The summed E-state index contributed by atoms with van der Waals surface area (Å²) >= 11 is 0. The van der Waals surface area contributed by atoms with Gasteiger partial charge in [0, 0.05) is 7.11 Å². The topological polar surface area (TPSA) is 92.7 Å². The number of nitrogens with zero attached hydrogens (tertiary/aromatic N) is 1. The second-order valence-electron chi connectivity index (χ2n) is 5.52. The number of hydrogen-bond donors (Lipinski definition) is 1. The fraction of sp³-hybridized carbons (Fsp3) is 0.467. The SMILES string of the molecule is COC(c1ccccc1)[C@H](N)C(=O)[N]C(=O)OC(C)(C)C. The lowest BCUT2D eigenvalue weighted by Gasteiger charge is -2.22. The second kappa shape index (κ2) is 7.19. The van der Waals surface area contributed by atoms with Gasteiger partial charge >= 0.3 is 6.09 Å². The van der Waals surface area contributed by atoms with Crippen molar-refractivity contribution in [3.8, 4) is 0 Å². The van der Waals surface area contributed by atoms with E-state index >= 15 is 0 Å². The van der Waals surface area contributed by atoms with Crippen LogP contribution in [0.4, 0.5) is 4.79 Å². The molecule has 115 valence electrons. The molecule has 1 rings (SSSR count). The van der Waals surface area contributed by atoms with Crippen LogP contribution >= 0.6 is 0 Å². The van der Waals surface area contributed by atoms with Crippen molar-refractivity contribution in [1.29, 1.82) is 0 Å². The molecule has 0 aromatic heterocycles. The molecule has 6 nitrogen and oxygen atoms in total. The van der Waals surface area contributed by atoms with Crippen molar-refractivity contribution in [3.63, 3.8) is 0 Å². The number of hydrogen-bond acceptors (Lipinski definition) is 5. The molecule has 1 aromatic carbocycles. The number of imide groups is 1. The zero-order valence-corrected chi connectivity index (χ0v) is 12.7. The van der Waals surface area contributed by atoms with Crippen molar-refractivity contribution in [1.82, 2.24) is 5.32 Å². The van der Waals surface area contributed by atoms with Gasteiger partial charge in [0.1, 0.15) is 17.7 Å². The van der Waals surface area contributed by atoms with E-state index in [0.29, 0.717) is 0 Å². The molecule has 0 bridgehead atoms. The summed E-state index contributed by atoms with van der Waals surface area (Å²) in [4.78, 5) is 23.5. The Morgan fingerprint density at radius 2 is 1.76 bits per heavy atom. The third kappa shape index (κ3) is 5.53. The number of methoxy groups -OCH3 is 1. The molecule has 0 aliphatic heterocycles. The van der Waals surface area contributed by atoms with Gasteiger partial charge in [-0.15, -0.1) is 5.32 Å². The molecule has 2 atom stereocenters. The van der Waals surface area contributed by atoms with E-state index in [-0.39, 0.29) is 0 Å². The van der Waals surface area contributed by atoms with E-state index in [4.69, 9.17) is 15.2 Å². The van der Waals surface area contributed by atoms with E-state index < -0.39 is 29.7 Å². The Morgan fingerprint density at radius 1 is 1.19 bits per heavy atom. The van der Waals surface area contributed by atoms with Gasteiger partial charge in [0.2, 0.25) is 0 Å². The average Bonchev–Trinajstić information content (AvgIpc) is 2.38. The third-order valence-electron chi connectivity index (χ3n) is 2.59. The molecule has 21 heavy (non-hydrogen) atoms. The second-order valence-corrected chi connectivity index (χ2v) is 5.52. The highest BCUT2D eigenvalue weighted by Gasteiger charge is 2.30. The molecule has 0 saturated heterocycles. The van der Waals surface area contributed by atoms with Crippen LogP contribution in [-0.4, -0.2) is 30.8 Å². The van der Waals surface area contributed by atoms with Crippen LogP contribution < -0.4 is 11.1 Å². The molecule has 2 amide bonds. The Labute approximate surface area is 124 Å². The lowest BCUT2D eigenvalue weighted by Crippen LogP contribution is -2.45. The van der Waals surface area contributed by atoms with Gasteiger partial charge in [0.25, 0.3) is 5.91 Å². The smallest absolute Gasteiger partial charge is 0.437 e. The normalized spacial score (nSPS) is 14.1. The number of carbonyl (C=O) groups is 2. The maximum atomic E-state index is 11.9. The van der Waals surface area contributed by atoms with E-state index in [2.05, 4.69) is 5.32 Å². The van der Waals surface area contributed by atoms with Gasteiger partial charge < -0.3 is 15.2 Å². The first-order valence-corrected chi connectivity index (χ1v) is 6.56. The Hall–Kier alpha value is -1.92. The highest BCUT2D eigenvalue weighted by Crippen LogP contribution is 2.19. The number of ether oxygens (including phenoxy) is 2. The van der Waals surface area contributed by atoms with Gasteiger partial charge in [-0.3, -0.25) is 4.79 Å². The minimum Gasteiger partial charge on any atom is -0.442 e. The molecule has 0 heterocycles. The standard InChI is InChI=1S/C15H21N2O4/c1-15(2,3)21-14(19)17-13(18)11(16)12(20-4)10-8-6-5-7-9-10/h5-9,11-12H,16H2,1-4H3/t11-,12?/m0/s1. The summed E-state index contributed by atoms with van der Waals surface area (Å²) in [6.45, 7) is 5.06. The molecule has 2 N–H and O–H groups in total. The zero-order valence-electron chi connectivity index (χ0n) is 12.7. The van der Waals surface area contributed by atoms with E-state index in [1.54, 1.807) is 32.9 Å².